The summed E-state index contributed by atoms with van der Waals surface area (Å²) >= 11 is 0. The number of ether oxygens (including phenoxy) is 1. The zero-order chi connectivity index (χ0) is 11.0. The molecule has 14 heavy (non-hydrogen) atoms. The van der Waals surface area contributed by atoms with Gasteiger partial charge in [0.25, 0.3) is 0 Å². The molecule has 0 heterocycles. The Morgan fingerprint density at radius 1 is 1.14 bits per heavy atom. The lowest BCUT2D eigenvalue weighted by molar-refractivity contribution is 0.215. The topological polar surface area (TPSA) is 46.6 Å². The third-order valence-corrected chi connectivity index (χ3v) is 3.72. The molecule has 0 atom stereocenters. The zero-order valence-corrected chi connectivity index (χ0v) is 10.1. The van der Waals surface area contributed by atoms with Crippen molar-refractivity contribution < 1.29 is 13.2 Å². The quantitative estimate of drug-likeness (QED) is 0.618. The highest BCUT2D eigenvalue weighted by molar-refractivity contribution is 7.89. The van der Waals surface area contributed by atoms with E-state index >= 15 is 0 Å². The van der Waals surface area contributed by atoms with Crippen molar-refractivity contribution in [2.24, 2.45) is 0 Å². The largest absolute Gasteiger partial charge is 0.384 e. The molecule has 0 saturated carbocycles. The predicted octanol–water partition coefficient (Wildman–Crippen LogP) is 1.08. The average Bonchev–Trinajstić information content (AvgIpc) is 2.14. The van der Waals surface area contributed by atoms with Crippen LogP contribution in [0.25, 0.3) is 0 Å². The Labute approximate surface area is 87.3 Å². The summed E-state index contributed by atoms with van der Waals surface area (Å²) in [5.41, 5.74) is 0. The molecule has 0 aromatic heterocycles. The average molecular weight is 223 g/mol. The van der Waals surface area contributed by atoms with E-state index in [0.29, 0.717) is 13.1 Å². The summed E-state index contributed by atoms with van der Waals surface area (Å²) in [6, 6.07) is 0. The monoisotopic (exact) mass is 223 g/mol. The second kappa shape index (κ2) is 7.20. The molecular weight excluding hydrogens is 202 g/mol. The minimum Gasteiger partial charge on any atom is -0.384 e. The Kier molecular flexibility index (Phi) is 7.13. The highest BCUT2D eigenvalue weighted by Crippen LogP contribution is 2.04. The fourth-order valence-corrected chi connectivity index (χ4v) is 2.76. The van der Waals surface area contributed by atoms with Crippen molar-refractivity contribution in [1.29, 1.82) is 0 Å². The zero-order valence-electron chi connectivity index (χ0n) is 9.32. The van der Waals surface area contributed by atoms with Crippen LogP contribution in [0.3, 0.4) is 0 Å². The molecule has 0 rings (SSSR count). The van der Waals surface area contributed by atoms with Crippen LogP contribution in [-0.4, -0.2) is 45.3 Å². The summed E-state index contributed by atoms with van der Waals surface area (Å²) in [5, 5.41) is 0. The van der Waals surface area contributed by atoms with E-state index in [1.54, 1.807) is 4.31 Å². The first-order valence-corrected chi connectivity index (χ1v) is 6.66. The van der Waals surface area contributed by atoms with Crippen LogP contribution in [0.15, 0.2) is 0 Å². The molecule has 0 aliphatic carbocycles. The third kappa shape index (κ3) is 4.93. The normalized spacial score (nSPS) is 12.3. The number of hydrogen-bond donors (Lipinski definition) is 0. The van der Waals surface area contributed by atoms with Crippen LogP contribution < -0.4 is 0 Å². The van der Waals surface area contributed by atoms with Crippen molar-refractivity contribution >= 4 is 10.0 Å². The molecule has 4 nitrogen and oxygen atoms in total. The lowest BCUT2D eigenvalue weighted by atomic mass is 10.4. The number of rotatable bonds is 8. The van der Waals surface area contributed by atoms with Gasteiger partial charge in [0.2, 0.25) is 10.0 Å². The van der Waals surface area contributed by atoms with Crippen molar-refractivity contribution in [3.63, 3.8) is 0 Å². The maximum atomic E-state index is 11.7. The minimum absolute atomic E-state index is 0.0868. The number of hydrogen-bond acceptors (Lipinski definition) is 3. The Morgan fingerprint density at radius 3 is 2.00 bits per heavy atom. The van der Waals surface area contributed by atoms with Crippen LogP contribution >= 0.6 is 0 Å². The van der Waals surface area contributed by atoms with E-state index in [4.69, 9.17) is 4.74 Å². The van der Waals surface area contributed by atoms with Crippen LogP contribution in [0.4, 0.5) is 0 Å². The third-order valence-electron chi connectivity index (χ3n) is 1.88. The Hall–Kier alpha value is -0.130. The molecule has 0 unspecified atom stereocenters. The summed E-state index contributed by atoms with van der Waals surface area (Å²) in [5.74, 6) is 0.0868. The first kappa shape index (κ1) is 13.9. The highest BCUT2D eigenvalue weighted by atomic mass is 32.2. The molecule has 0 aromatic carbocycles. The van der Waals surface area contributed by atoms with Gasteiger partial charge in [-0.3, -0.25) is 0 Å². The van der Waals surface area contributed by atoms with E-state index in [9.17, 15) is 8.42 Å². The smallest absolute Gasteiger partial charge is 0.216 e. The van der Waals surface area contributed by atoms with Crippen molar-refractivity contribution in [2.75, 3.05) is 32.6 Å². The summed E-state index contributed by atoms with van der Waals surface area (Å²) in [4.78, 5) is 0. The molecule has 0 saturated heterocycles. The Balaban J connectivity index is 4.29. The van der Waals surface area contributed by atoms with Gasteiger partial charge >= 0.3 is 0 Å². The molecule has 0 N–H and O–H groups in total. The van der Waals surface area contributed by atoms with Gasteiger partial charge in [0.15, 0.2) is 0 Å². The van der Waals surface area contributed by atoms with E-state index in [1.807, 2.05) is 13.8 Å². The molecule has 5 heteroatoms. The molecule has 0 fully saturated rings. The second-order valence-corrected chi connectivity index (χ2v) is 5.30. The molecule has 0 aliphatic rings. The van der Waals surface area contributed by atoms with Gasteiger partial charge in [0.1, 0.15) is 0 Å². The number of nitrogens with zero attached hydrogens (tertiary/aromatic N) is 1. The van der Waals surface area contributed by atoms with Gasteiger partial charge < -0.3 is 4.74 Å². The van der Waals surface area contributed by atoms with Gasteiger partial charge in [-0.15, -0.1) is 0 Å². The first-order valence-electron chi connectivity index (χ1n) is 5.05. The van der Waals surface area contributed by atoms with Gasteiger partial charge in [-0.2, -0.15) is 0 Å². The van der Waals surface area contributed by atoms with Crippen LogP contribution in [-0.2, 0) is 14.8 Å². The van der Waals surface area contributed by atoms with E-state index in [0.717, 1.165) is 12.8 Å². The van der Waals surface area contributed by atoms with Crippen LogP contribution in [0.5, 0.6) is 0 Å². The Bertz CT molecular complexity index is 220. The molecule has 0 aromatic rings. The Morgan fingerprint density at radius 2 is 1.64 bits per heavy atom. The van der Waals surface area contributed by atoms with Crippen LogP contribution in [0.1, 0.15) is 26.7 Å². The standard InChI is InChI=1S/C9H21NO3S/c1-4-6-10(7-5-2)14(11,12)9-8-13-3/h4-9H2,1-3H3. The van der Waals surface area contributed by atoms with Gasteiger partial charge in [0.05, 0.1) is 12.4 Å². The lowest BCUT2D eigenvalue weighted by Gasteiger charge is -2.20. The van der Waals surface area contributed by atoms with Crippen LogP contribution in [0, 0.1) is 0 Å². The van der Waals surface area contributed by atoms with E-state index in [2.05, 4.69) is 0 Å². The maximum Gasteiger partial charge on any atom is 0.216 e. The summed E-state index contributed by atoms with van der Waals surface area (Å²) in [6.45, 7) is 5.45. The highest BCUT2D eigenvalue weighted by Gasteiger charge is 2.19. The fraction of sp³-hybridized carbons (Fsp3) is 1.00. The molecule has 86 valence electrons. The van der Waals surface area contributed by atoms with Gasteiger partial charge in [0, 0.05) is 20.2 Å². The summed E-state index contributed by atoms with van der Waals surface area (Å²) in [7, 11) is -1.59. The van der Waals surface area contributed by atoms with Crippen molar-refractivity contribution in [1.82, 2.24) is 4.31 Å². The lowest BCUT2D eigenvalue weighted by Crippen LogP contribution is -2.35. The fourth-order valence-electron chi connectivity index (χ4n) is 1.21. The van der Waals surface area contributed by atoms with Crippen molar-refractivity contribution in [2.45, 2.75) is 26.7 Å². The predicted molar refractivity (Wildman–Crippen MR) is 57.8 cm³/mol. The van der Waals surface area contributed by atoms with E-state index in [1.165, 1.54) is 7.11 Å². The summed E-state index contributed by atoms with van der Waals surface area (Å²) < 4.78 is 29.8. The molecule has 0 radical (unpaired) electrons. The first-order chi connectivity index (χ1) is 6.58. The maximum absolute atomic E-state index is 11.7. The number of methoxy groups -OCH3 is 1. The van der Waals surface area contributed by atoms with E-state index < -0.39 is 10.0 Å². The van der Waals surface area contributed by atoms with Crippen molar-refractivity contribution in [3.8, 4) is 0 Å². The minimum atomic E-state index is -3.10. The molecule has 0 spiro atoms. The van der Waals surface area contributed by atoms with Gasteiger partial charge in [-0.05, 0) is 12.8 Å². The second-order valence-electron chi connectivity index (χ2n) is 3.21. The van der Waals surface area contributed by atoms with Gasteiger partial charge in [-0.25, -0.2) is 12.7 Å². The SMILES string of the molecule is CCCN(CCC)S(=O)(=O)CCOC. The summed E-state index contributed by atoms with van der Waals surface area (Å²) in [6.07, 6.45) is 1.71. The van der Waals surface area contributed by atoms with Crippen molar-refractivity contribution in [3.05, 3.63) is 0 Å². The number of sulfonamides is 1. The molecule has 0 amide bonds. The molecular formula is C9H21NO3S. The van der Waals surface area contributed by atoms with E-state index in [-0.39, 0.29) is 12.4 Å². The van der Waals surface area contributed by atoms with Gasteiger partial charge in [-0.1, -0.05) is 13.8 Å². The van der Waals surface area contributed by atoms with Crippen LogP contribution in [0.2, 0.25) is 0 Å². The molecule has 0 bridgehead atoms. The molecule has 0 aliphatic heterocycles.